The summed E-state index contributed by atoms with van der Waals surface area (Å²) in [6, 6.07) is 115. The normalized spacial score (nSPS) is 12.8. The molecule has 0 aromatic heterocycles. The molecule has 3 aliphatic rings. The number of hydrogen-bond acceptors (Lipinski definition) is 4. The second-order valence-electron chi connectivity index (χ2n) is 29.0. The highest BCUT2D eigenvalue weighted by Crippen LogP contribution is 2.56. The quantitative estimate of drug-likeness (QED) is 0.127. The van der Waals surface area contributed by atoms with Crippen LogP contribution in [0.4, 0.5) is 68.2 Å². The lowest BCUT2D eigenvalue weighted by Gasteiger charge is -2.46. The van der Waals surface area contributed by atoms with E-state index in [2.05, 4.69) is 385 Å². The fourth-order valence-corrected chi connectivity index (χ4v) is 14.9. The van der Waals surface area contributed by atoms with Gasteiger partial charge in [-0.3, -0.25) is 0 Å². The van der Waals surface area contributed by atoms with E-state index < -0.39 is 0 Å². The van der Waals surface area contributed by atoms with Gasteiger partial charge in [-0.25, -0.2) is 0 Å². The average Bonchev–Trinajstić information content (AvgIpc) is 1.67. The van der Waals surface area contributed by atoms with Gasteiger partial charge in [0.2, 0.25) is 0 Å². The van der Waals surface area contributed by atoms with Gasteiger partial charge in [-0.05, 0) is 197 Å². The highest BCUT2D eigenvalue weighted by Gasteiger charge is 2.47. The Labute approximate surface area is 561 Å². The second kappa shape index (κ2) is 23.0. The SMILES string of the molecule is CC(C)(C)c1ccc(-c2cccc(N3c4cc(N(c5ccccc5)c5ccccc5)ccc4B4c5cc(-c6ccccc6)cc6c5N(c5ccc(-c7ccccc7)cc5-c5ccccc5-6)c5cc(N(c6ccc(C(C)(C)C)cc6)c6ccc(C(C)(C)C)cc6)cc3c54)c2)cc1. The molecule has 0 fully saturated rings. The fraction of sp³-hybridized carbons (Fsp3) is 0.133. The summed E-state index contributed by atoms with van der Waals surface area (Å²) in [5.41, 5.74) is 32.6. The zero-order chi connectivity index (χ0) is 64.9. The van der Waals surface area contributed by atoms with Gasteiger partial charge in [-0.15, -0.1) is 0 Å². The molecule has 0 radical (unpaired) electrons. The topological polar surface area (TPSA) is 13.0 Å². The average molecular weight is 1230 g/mol. The largest absolute Gasteiger partial charge is 0.311 e. The maximum Gasteiger partial charge on any atom is 0.252 e. The van der Waals surface area contributed by atoms with Crippen molar-refractivity contribution < 1.29 is 0 Å². The molecule has 3 aliphatic heterocycles. The van der Waals surface area contributed by atoms with Gasteiger partial charge in [-0.2, -0.15) is 0 Å². The van der Waals surface area contributed by atoms with E-state index in [0.717, 1.165) is 68.1 Å². The van der Waals surface area contributed by atoms with Gasteiger partial charge in [0.1, 0.15) is 0 Å². The Bertz CT molecular complexity index is 4940. The van der Waals surface area contributed by atoms with Crippen LogP contribution in [0.3, 0.4) is 0 Å². The van der Waals surface area contributed by atoms with Crippen LogP contribution >= 0.6 is 0 Å². The van der Waals surface area contributed by atoms with Crippen LogP contribution in [0.5, 0.6) is 0 Å². The Balaban J connectivity index is 1.05. The van der Waals surface area contributed by atoms with Crippen LogP contribution in [0.1, 0.15) is 79.0 Å². The third-order valence-corrected chi connectivity index (χ3v) is 19.8. The third-order valence-electron chi connectivity index (χ3n) is 19.8. The molecule has 16 rings (SSSR count). The van der Waals surface area contributed by atoms with E-state index in [1.165, 1.54) is 88.8 Å². The van der Waals surface area contributed by atoms with E-state index in [1.807, 2.05) is 0 Å². The van der Waals surface area contributed by atoms with Crippen LogP contribution in [0.15, 0.2) is 303 Å². The lowest BCUT2D eigenvalue weighted by Crippen LogP contribution is -2.61. The predicted molar refractivity (Wildman–Crippen MR) is 407 cm³/mol. The molecular weight excluding hydrogens is 1150 g/mol. The first-order chi connectivity index (χ1) is 46.0. The minimum Gasteiger partial charge on any atom is -0.311 e. The maximum absolute atomic E-state index is 2.67. The highest BCUT2D eigenvalue weighted by molar-refractivity contribution is 7.00. The molecule has 0 aliphatic carbocycles. The molecule has 5 heteroatoms. The lowest BCUT2D eigenvalue weighted by molar-refractivity contribution is 0.590. The van der Waals surface area contributed by atoms with Crippen molar-refractivity contribution in [3.05, 3.63) is 320 Å². The van der Waals surface area contributed by atoms with Crippen molar-refractivity contribution in [1.82, 2.24) is 0 Å². The summed E-state index contributed by atoms with van der Waals surface area (Å²) in [6.07, 6.45) is 0. The van der Waals surface area contributed by atoms with Crippen LogP contribution in [0.25, 0.3) is 55.6 Å². The Hall–Kier alpha value is -10.9. The monoisotopic (exact) mass is 1220 g/mol. The first kappa shape index (κ1) is 59.2. The molecule has 13 aromatic rings. The van der Waals surface area contributed by atoms with Crippen LogP contribution in [0.2, 0.25) is 0 Å². The van der Waals surface area contributed by atoms with E-state index in [4.69, 9.17) is 0 Å². The molecule has 0 bridgehead atoms. The molecule has 0 N–H and O–H groups in total. The molecule has 0 saturated heterocycles. The van der Waals surface area contributed by atoms with Gasteiger partial charge < -0.3 is 19.6 Å². The summed E-state index contributed by atoms with van der Waals surface area (Å²) in [4.78, 5) is 10.2. The Morgan fingerprint density at radius 1 is 0.253 bits per heavy atom. The van der Waals surface area contributed by atoms with Gasteiger partial charge in [0.25, 0.3) is 6.71 Å². The number of anilines is 12. The highest BCUT2D eigenvalue weighted by atomic mass is 15.2. The Kier molecular flexibility index (Phi) is 14.3. The molecule has 13 aromatic carbocycles. The van der Waals surface area contributed by atoms with Crippen molar-refractivity contribution in [1.29, 1.82) is 0 Å². The standard InChI is InChI=1S/C90H77BN4/c1-88(2,3)66-40-37-62(38-41-66)63-29-24-34-73(53-63)94-83-57-74(92(69-30-18-12-19-31-69)70-32-20-13-21-33-70)50-51-80(83)91-81-56-65(61-27-16-11-17-28-61)55-79-77-36-23-22-35-76(77)78-54-64(60-25-14-10-15-26-60)39-52-82(78)95(87(79)81)85-59-75(58-84(94)86(85)91)93(71-46-42-67(43-47-71)89(4,5)6)72-48-44-68(45-49-72)90(7,8)9/h10-59H,1-9H3. The molecule has 0 spiro atoms. The molecule has 0 atom stereocenters. The van der Waals surface area contributed by atoms with Gasteiger partial charge in [0, 0.05) is 68.0 Å². The van der Waals surface area contributed by atoms with Crippen LogP contribution < -0.4 is 36.0 Å². The summed E-state index contributed by atoms with van der Waals surface area (Å²) >= 11 is 0. The summed E-state index contributed by atoms with van der Waals surface area (Å²) in [6.45, 7) is 20.5. The lowest BCUT2D eigenvalue weighted by atomic mass is 9.33. The molecule has 0 amide bonds. The molecule has 4 nitrogen and oxygen atoms in total. The molecule has 95 heavy (non-hydrogen) atoms. The number of para-hydroxylation sites is 2. The zero-order valence-electron chi connectivity index (χ0n) is 55.7. The van der Waals surface area contributed by atoms with Crippen LogP contribution in [-0.2, 0) is 16.2 Å². The summed E-state index contributed by atoms with van der Waals surface area (Å²) in [5, 5.41) is 0. The smallest absolute Gasteiger partial charge is 0.252 e. The number of nitrogens with zero attached hydrogens (tertiary/aromatic N) is 4. The van der Waals surface area contributed by atoms with E-state index >= 15 is 0 Å². The summed E-state index contributed by atoms with van der Waals surface area (Å²) in [5.74, 6) is 0. The van der Waals surface area contributed by atoms with Crippen molar-refractivity contribution in [2.75, 3.05) is 19.6 Å². The third kappa shape index (κ3) is 10.5. The Morgan fingerprint density at radius 2 is 0.663 bits per heavy atom. The molecular formula is C90H77BN4. The van der Waals surface area contributed by atoms with Crippen molar-refractivity contribution in [3.63, 3.8) is 0 Å². The number of rotatable bonds is 10. The first-order valence-electron chi connectivity index (χ1n) is 33.6. The number of hydrogen-bond donors (Lipinski definition) is 0. The van der Waals surface area contributed by atoms with Crippen molar-refractivity contribution in [2.24, 2.45) is 0 Å². The van der Waals surface area contributed by atoms with E-state index in [0.29, 0.717) is 0 Å². The summed E-state index contributed by atoms with van der Waals surface area (Å²) in [7, 11) is 0. The van der Waals surface area contributed by atoms with Gasteiger partial charge in [-0.1, -0.05) is 263 Å². The van der Waals surface area contributed by atoms with Crippen molar-refractivity contribution in [3.8, 4) is 55.6 Å². The van der Waals surface area contributed by atoms with Crippen LogP contribution in [-0.4, -0.2) is 6.71 Å². The molecule has 0 unspecified atom stereocenters. The van der Waals surface area contributed by atoms with Gasteiger partial charge >= 0.3 is 0 Å². The number of benzene rings is 13. The minimum atomic E-state index is -0.221. The summed E-state index contributed by atoms with van der Waals surface area (Å²) < 4.78 is 0. The minimum absolute atomic E-state index is 0.0167. The molecule has 3 heterocycles. The van der Waals surface area contributed by atoms with Crippen LogP contribution in [0, 0.1) is 0 Å². The second-order valence-corrected chi connectivity index (χ2v) is 29.0. The fourth-order valence-electron chi connectivity index (χ4n) is 14.9. The van der Waals surface area contributed by atoms with Gasteiger partial charge in [0.15, 0.2) is 0 Å². The molecule has 460 valence electrons. The zero-order valence-corrected chi connectivity index (χ0v) is 55.7. The van der Waals surface area contributed by atoms with Gasteiger partial charge in [0.05, 0.1) is 11.4 Å². The van der Waals surface area contributed by atoms with E-state index in [-0.39, 0.29) is 23.0 Å². The number of fused-ring (bicyclic) bond motifs is 9. The van der Waals surface area contributed by atoms with E-state index in [1.54, 1.807) is 0 Å². The first-order valence-corrected chi connectivity index (χ1v) is 33.6. The molecule has 0 saturated carbocycles. The van der Waals surface area contributed by atoms with Crippen molar-refractivity contribution in [2.45, 2.75) is 78.6 Å². The predicted octanol–water partition coefficient (Wildman–Crippen LogP) is 23.2. The van der Waals surface area contributed by atoms with E-state index in [9.17, 15) is 0 Å². The Morgan fingerprint density at radius 3 is 1.22 bits per heavy atom. The van der Waals surface area contributed by atoms with Crippen molar-refractivity contribution >= 4 is 91.3 Å². The maximum atomic E-state index is 2.67.